The number of amides is 2. The Hall–Kier alpha value is -3.58. The second-order valence-corrected chi connectivity index (χ2v) is 7.86. The van der Waals surface area contributed by atoms with Gasteiger partial charge >= 0.3 is 0 Å². The number of hydrogen-bond acceptors (Lipinski definition) is 5. The maximum atomic E-state index is 13.6. The number of nitrogens with zero attached hydrogens (tertiary/aromatic N) is 2. The largest absolute Gasteiger partial charge is 0.497 e. The number of fused-ring (bicyclic) bond motifs is 1. The van der Waals surface area contributed by atoms with Crippen LogP contribution in [-0.4, -0.2) is 42.4 Å². The lowest BCUT2D eigenvalue weighted by Gasteiger charge is -2.27. The summed E-state index contributed by atoms with van der Waals surface area (Å²) in [7, 11) is 3.10. The highest BCUT2D eigenvalue weighted by Crippen LogP contribution is 2.34. The van der Waals surface area contributed by atoms with E-state index < -0.39 is 11.6 Å². The lowest BCUT2D eigenvalue weighted by atomic mass is 9.97. The van der Waals surface area contributed by atoms with Crippen LogP contribution in [0.15, 0.2) is 71.4 Å². The Labute approximate surface area is 191 Å². The molecule has 2 aromatic rings. The highest BCUT2D eigenvalue weighted by molar-refractivity contribution is 6.34. The smallest absolute Gasteiger partial charge is 0.281 e. The lowest BCUT2D eigenvalue weighted by molar-refractivity contribution is -0.130. The molecule has 2 aromatic carbocycles. The van der Waals surface area contributed by atoms with Crippen LogP contribution in [0.4, 0.5) is 0 Å². The second kappa shape index (κ2) is 8.51. The molecule has 4 rings (SSSR count). The van der Waals surface area contributed by atoms with E-state index in [1.807, 2.05) is 13.0 Å². The number of allylic oxidation sites excluding steroid dienone is 2. The zero-order valence-electron chi connectivity index (χ0n) is 17.9. The summed E-state index contributed by atoms with van der Waals surface area (Å²) in [6.45, 7) is 1.86. The van der Waals surface area contributed by atoms with Gasteiger partial charge in [-0.2, -0.15) is 0 Å². The quantitative estimate of drug-likeness (QED) is 0.725. The first kappa shape index (κ1) is 21.6. The number of halogens is 1. The van der Waals surface area contributed by atoms with Crippen LogP contribution < -0.4 is 14.8 Å². The van der Waals surface area contributed by atoms with Crippen LogP contribution in [0, 0.1) is 0 Å². The van der Waals surface area contributed by atoms with E-state index in [1.165, 1.54) is 4.90 Å². The molecule has 0 aliphatic carbocycles. The fraction of sp³-hybridized carbons (Fsp3) is 0.208. The predicted octanol–water partition coefficient (Wildman–Crippen LogP) is 3.74. The molecule has 2 aliphatic heterocycles. The fourth-order valence-electron chi connectivity index (χ4n) is 3.78. The van der Waals surface area contributed by atoms with Crippen LogP contribution in [-0.2, 0) is 11.2 Å². The van der Waals surface area contributed by atoms with Crippen molar-refractivity contribution in [2.75, 3.05) is 14.2 Å². The number of ether oxygens (including phenoxy) is 2. The van der Waals surface area contributed by atoms with E-state index >= 15 is 0 Å². The molecule has 2 heterocycles. The summed E-state index contributed by atoms with van der Waals surface area (Å²) in [6.07, 6.45) is 5.33. The van der Waals surface area contributed by atoms with Crippen molar-refractivity contribution in [1.82, 2.24) is 10.2 Å². The maximum Gasteiger partial charge on any atom is 0.281 e. The number of hydrogen-bond donors (Lipinski definition) is 1. The molecule has 0 saturated heterocycles. The monoisotopic (exact) mass is 451 g/mol. The van der Waals surface area contributed by atoms with Gasteiger partial charge in [-0.3, -0.25) is 14.5 Å². The SMILES string of the molecule is COc1ccc(OC)c(C[C@]2(NC(=O)c3ccccc3Cl)N=C3C(C)=CC=CN3C2=O)c1. The van der Waals surface area contributed by atoms with Crippen LogP contribution in [0.5, 0.6) is 11.5 Å². The zero-order valence-corrected chi connectivity index (χ0v) is 18.6. The molecule has 2 aliphatic rings. The Kier molecular flexibility index (Phi) is 5.76. The molecule has 1 atom stereocenters. The molecule has 8 heteroatoms. The van der Waals surface area contributed by atoms with Gasteiger partial charge in [0.1, 0.15) is 17.3 Å². The van der Waals surface area contributed by atoms with Crippen LogP contribution in [0.3, 0.4) is 0 Å². The Morgan fingerprint density at radius 2 is 1.97 bits per heavy atom. The zero-order chi connectivity index (χ0) is 22.9. The van der Waals surface area contributed by atoms with Crippen molar-refractivity contribution in [2.24, 2.45) is 4.99 Å². The molecule has 0 unspecified atom stereocenters. The molecule has 2 amide bonds. The van der Waals surface area contributed by atoms with Gasteiger partial charge in [-0.25, -0.2) is 4.99 Å². The van der Waals surface area contributed by atoms with Crippen molar-refractivity contribution in [1.29, 1.82) is 0 Å². The number of carbonyl (C=O) groups excluding carboxylic acids is 2. The molecular weight excluding hydrogens is 430 g/mol. The summed E-state index contributed by atoms with van der Waals surface area (Å²) >= 11 is 6.23. The minimum absolute atomic E-state index is 0.0590. The standard InChI is InChI=1S/C24H22ClN3O4/c1-15-7-6-12-28-21(15)26-24(23(28)30,27-22(29)18-8-4-5-9-19(18)25)14-16-13-17(31-2)10-11-20(16)32-3/h4-13H,14H2,1-3H3,(H,27,29)/t24-/m1/s1. The summed E-state index contributed by atoms with van der Waals surface area (Å²) in [6, 6.07) is 11.9. The Bertz CT molecular complexity index is 1190. The van der Waals surface area contributed by atoms with Gasteiger partial charge in [0.25, 0.3) is 11.8 Å². The van der Waals surface area contributed by atoms with Crippen molar-refractivity contribution in [3.05, 3.63) is 82.5 Å². The summed E-state index contributed by atoms with van der Waals surface area (Å²) in [4.78, 5) is 33.0. The Morgan fingerprint density at radius 1 is 1.19 bits per heavy atom. The normalized spacial score (nSPS) is 19.2. The molecular formula is C24H22ClN3O4. The molecule has 0 fully saturated rings. The van der Waals surface area contributed by atoms with Crippen molar-refractivity contribution < 1.29 is 19.1 Å². The van der Waals surface area contributed by atoms with E-state index in [0.717, 1.165) is 5.57 Å². The van der Waals surface area contributed by atoms with E-state index in [1.54, 1.807) is 69.0 Å². The molecule has 0 radical (unpaired) electrons. The molecule has 32 heavy (non-hydrogen) atoms. The number of amidine groups is 1. The van der Waals surface area contributed by atoms with Crippen LogP contribution >= 0.6 is 11.6 Å². The first-order valence-electron chi connectivity index (χ1n) is 9.95. The number of benzene rings is 2. The van der Waals surface area contributed by atoms with Crippen LogP contribution in [0.1, 0.15) is 22.8 Å². The lowest BCUT2D eigenvalue weighted by Crippen LogP contribution is -2.55. The average Bonchev–Trinajstić information content (AvgIpc) is 3.06. The summed E-state index contributed by atoms with van der Waals surface area (Å²) < 4.78 is 10.8. The van der Waals surface area contributed by atoms with Crippen molar-refractivity contribution in [3.63, 3.8) is 0 Å². The summed E-state index contributed by atoms with van der Waals surface area (Å²) in [5.41, 5.74) is 0.142. The van der Waals surface area contributed by atoms with E-state index in [4.69, 9.17) is 26.1 Å². The summed E-state index contributed by atoms with van der Waals surface area (Å²) in [5.74, 6) is 0.763. The average molecular weight is 452 g/mol. The number of nitrogens with one attached hydrogen (secondary N) is 1. The molecule has 7 nitrogen and oxygen atoms in total. The third-order valence-corrected chi connectivity index (χ3v) is 5.73. The topological polar surface area (TPSA) is 80.2 Å². The van der Waals surface area contributed by atoms with E-state index in [0.29, 0.717) is 22.9 Å². The van der Waals surface area contributed by atoms with Gasteiger partial charge in [0, 0.05) is 18.2 Å². The third kappa shape index (κ3) is 3.76. The first-order chi connectivity index (χ1) is 15.4. The van der Waals surface area contributed by atoms with Gasteiger partial charge in [-0.05, 0) is 48.9 Å². The van der Waals surface area contributed by atoms with Crippen LogP contribution in [0.25, 0.3) is 0 Å². The minimum atomic E-state index is -1.59. The fourth-order valence-corrected chi connectivity index (χ4v) is 4.00. The number of aliphatic imine (C=N–C) groups is 1. The van der Waals surface area contributed by atoms with Gasteiger partial charge in [0.05, 0.1) is 24.8 Å². The maximum absolute atomic E-state index is 13.6. The van der Waals surface area contributed by atoms with E-state index in [-0.39, 0.29) is 22.9 Å². The molecule has 0 bridgehead atoms. The van der Waals surface area contributed by atoms with E-state index in [9.17, 15) is 9.59 Å². The summed E-state index contributed by atoms with van der Waals surface area (Å²) in [5, 5.41) is 3.14. The van der Waals surface area contributed by atoms with Crippen molar-refractivity contribution in [2.45, 2.75) is 19.0 Å². The van der Waals surface area contributed by atoms with Gasteiger partial charge in [-0.1, -0.05) is 29.8 Å². The molecule has 1 N–H and O–H groups in total. The Balaban J connectivity index is 1.81. The van der Waals surface area contributed by atoms with Gasteiger partial charge in [-0.15, -0.1) is 0 Å². The van der Waals surface area contributed by atoms with Gasteiger partial charge in [0.15, 0.2) is 0 Å². The molecule has 0 aromatic heterocycles. The molecule has 0 spiro atoms. The molecule has 164 valence electrons. The Morgan fingerprint density at radius 3 is 2.66 bits per heavy atom. The van der Waals surface area contributed by atoms with Crippen molar-refractivity contribution in [3.8, 4) is 11.5 Å². The number of carbonyl (C=O) groups is 2. The van der Waals surface area contributed by atoms with Gasteiger partial charge < -0.3 is 14.8 Å². The van der Waals surface area contributed by atoms with Crippen molar-refractivity contribution >= 4 is 29.3 Å². The molecule has 0 saturated carbocycles. The van der Waals surface area contributed by atoms with Gasteiger partial charge in [0.2, 0.25) is 5.66 Å². The number of rotatable bonds is 6. The highest BCUT2D eigenvalue weighted by atomic mass is 35.5. The van der Waals surface area contributed by atoms with Crippen LogP contribution in [0.2, 0.25) is 5.02 Å². The minimum Gasteiger partial charge on any atom is -0.497 e. The third-order valence-electron chi connectivity index (χ3n) is 5.40. The number of methoxy groups -OCH3 is 2. The first-order valence-corrected chi connectivity index (χ1v) is 10.3. The predicted molar refractivity (Wildman–Crippen MR) is 122 cm³/mol. The second-order valence-electron chi connectivity index (χ2n) is 7.45. The van der Waals surface area contributed by atoms with E-state index in [2.05, 4.69) is 5.32 Å². The highest BCUT2D eigenvalue weighted by Gasteiger charge is 2.50.